The summed E-state index contributed by atoms with van der Waals surface area (Å²) in [5.74, 6) is 0.187. The zero-order valence-corrected chi connectivity index (χ0v) is 17.1. The zero-order chi connectivity index (χ0) is 19.4. The fourth-order valence-electron chi connectivity index (χ4n) is 3.11. The van der Waals surface area contributed by atoms with Crippen molar-refractivity contribution in [2.45, 2.75) is 39.0 Å². The van der Waals surface area contributed by atoms with Crippen molar-refractivity contribution >= 4 is 22.4 Å². The molecule has 0 atom stereocenters. The quantitative estimate of drug-likeness (QED) is 0.811. The summed E-state index contributed by atoms with van der Waals surface area (Å²) < 4.78 is 0. The lowest BCUT2D eigenvalue weighted by atomic mass is 9.93. The molecule has 1 aromatic heterocycles. The van der Waals surface area contributed by atoms with Gasteiger partial charge in [-0.25, -0.2) is 4.98 Å². The molecule has 0 spiro atoms. The van der Waals surface area contributed by atoms with Gasteiger partial charge in [-0.15, -0.1) is 11.3 Å². The van der Waals surface area contributed by atoms with Gasteiger partial charge in [-0.05, 0) is 24.1 Å². The van der Waals surface area contributed by atoms with E-state index in [4.69, 9.17) is 10.2 Å². The average molecular weight is 383 g/mol. The largest absolute Gasteiger partial charge is 0.345 e. The molecular formula is C21H26N4OS. The predicted octanol–water partition coefficient (Wildman–Crippen LogP) is 3.59. The first kappa shape index (κ1) is 19.4. The predicted molar refractivity (Wildman–Crippen MR) is 109 cm³/mol. The Morgan fingerprint density at radius 1 is 1.26 bits per heavy atom. The van der Waals surface area contributed by atoms with Crippen LogP contribution in [0.5, 0.6) is 0 Å². The van der Waals surface area contributed by atoms with Gasteiger partial charge in [0.05, 0.1) is 17.3 Å². The molecular weight excluding hydrogens is 356 g/mol. The van der Waals surface area contributed by atoms with Gasteiger partial charge in [0.25, 0.3) is 0 Å². The van der Waals surface area contributed by atoms with Crippen molar-refractivity contribution in [3.05, 3.63) is 46.5 Å². The molecule has 2 heterocycles. The molecule has 1 aliphatic heterocycles. The maximum atomic E-state index is 12.5. The highest BCUT2D eigenvalue weighted by Crippen LogP contribution is 2.29. The molecule has 0 radical (unpaired) electrons. The minimum absolute atomic E-state index is 0.0649. The summed E-state index contributed by atoms with van der Waals surface area (Å²) in [6.45, 7) is 9.65. The Morgan fingerprint density at radius 3 is 2.63 bits per heavy atom. The Labute approximate surface area is 165 Å². The summed E-state index contributed by atoms with van der Waals surface area (Å²) in [5.41, 5.74) is 2.88. The van der Waals surface area contributed by atoms with E-state index in [1.54, 1.807) is 17.4 Å². The number of anilines is 1. The molecule has 0 N–H and O–H groups in total. The second-order valence-corrected chi connectivity index (χ2v) is 8.78. The number of amides is 1. The Morgan fingerprint density at radius 2 is 2.00 bits per heavy atom. The van der Waals surface area contributed by atoms with Crippen molar-refractivity contribution in [1.82, 2.24) is 9.88 Å². The van der Waals surface area contributed by atoms with Gasteiger partial charge >= 0.3 is 0 Å². The molecule has 5 nitrogen and oxygen atoms in total. The highest BCUT2D eigenvalue weighted by molar-refractivity contribution is 7.13. The second kappa shape index (κ2) is 8.10. The lowest BCUT2D eigenvalue weighted by Gasteiger charge is -2.34. The number of nitriles is 1. The minimum atomic E-state index is 0.0649. The molecule has 3 rings (SSSR count). The van der Waals surface area contributed by atoms with Crippen LogP contribution in [0.4, 0.5) is 5.13 Å². The number of benzene rings is 1. The number of piperazine rings is 1. The first-order chi connectivity index (χ1) is 12.9. The van der Waals surface area contributed by atoms with Crippen LogP contribution in [0.2, 0.25) is 0 Å². The van der Waals surface area contributed by atoms with Gasteiger partial charge in [-0.1, -0.05) is 32.9 Å². The zero-order valence-electron chi connectivity index (χ0n) is 16.2. The van der Waals surface area contributed by atoms with E-state index < -0.39 is 0 Å². The molecule has 0 bridgehead atoms. The number of hydrogen-bond acceptors (Lipinski definition) is 5. The van der Waals surface area contributed by atoms with E-state index in [2.05, 4.69) is 37.1 Å². The Bertz CT molecular complexity index is 838. The fraction of sp³-hybridized carbons (Fsp3) is 0.476. The third kappa shape index (κ3) is 4.86. The van der Waals surface area contributed by atoms with Crippen LogP contribution >= 0.6 is 11.3 Å². The normalized spacial score (nSPS) is 14.9. The number of aryl methyl sites for hydroxylation is 1. The molecule has 142 valence electrons. The van der Waals surface area contributed by atoms with Gasteiger partial charge in [0.2, 0.25) is 5.91 Å². The standard InChI is InChI=1S/C21H26N4OS/c1-21(2,3)18-15-27-20(23-18)25-11-9-24(10-12-25)19(26)8-7-16-5-4-6-17(13-16)14-22/h4-6,13,15H,7-12H2,1-3H3. The van der Waals surface area contributed by atoms with E-state index in [1.165, 1.54) is 0 Å². The van der Waals surface area contributed by atoms with E-state index in [0.29, 0.717) is 18.4 Å². The van der Waals surface area contributed by atoms with Crippen LogP contribution in [-0.2, 0) is 16.6 Å². The third-order valence-corrected chi connectivity index (χ3v) is 5.75. The number of thiazole rings is 1. The molecule has 0 saturated carbocycles. The first-order valence-corrected chi connectivity index (χ1v) is 10.2. The van der Waals surface area contributed by atoms with Crippen LogP contribution in [0.25, 0.3) is 0 Å². The monoisotopic (exact) mass is 382 g/mol. The maximum Gasteiger partial charge on any atom is 0.223 e. The number of rotatable bonds is 4. The highest BCUT2D eigenvalue weighted by Gasteiger charge is 2.24. The van der Waals surface area contributed by atoms with Crippen molar-refractivity contribution in [2.24, 2.45) is 0 Å². The summed E-state index contributed by atoms with van der Waals surface area (Å²) in [7, 11) is 0. The molecule has 1 fully saturated rings. The van der Waals surface area contributed by atoms with E-state index in [1.807, 2.05) is 23.1 Å². The van der Waals surface area contributed by atoms with Crippen molar-refractivity contribution in [1.29, 1.82) is 5.26 Å². The van der Waals surface area contributed by atoms with E-state index in [0.717, 1.165) is 42.6 Å². The first-order valence-electron chi connectivity index (χ1n) is 9.34. The number of aromatic nitrogens is 1. The van der Waals surface area contributed by atoms with Crippen LogP contribution in [0.1, 0.15) is 44.0 Å². The van der Waals surface area contributed by atoms with Gasteiger partial charge in [0.15, 0.2) is 5.13 Å². The second-order valence-electron chi connectivity index (χ2n) is 7.95. The van der Waals surface area contributed by atoms with Crippen LogP contribution in [0.3, 0.4) is 0 Å². The third-order valence-electron chi connectivity index (χ3n) is 4.85. The van der Waals surface area contributed by atoms with Crippen molar-refractivity contribution in [3.8, 4) is 6.07 Å². The molecule has 2 aromatic rings. The number of carbonyl (C=O) groups excluding carboxylic acids is 1. The van der Waals surface area contributed by atoms with Gasteiger partial charge in [-0.3, -0.25) is 4.79 Å². The lowest BCUT2D eigenvalue weighted by Crippen LogP contribution is -2.48. The van der Waals surface area contributed by atoms with E-state index >= 15 is 0 Å². The minimum Gasteiger partial charge on any atom is -0.345 e. The van der Waals surface area contributed by atoms with Crippen molar-refractivity contribution in [3.63, 3.8) is 0 Å². The van der Waals surface area contributed by atoms with Crippen LogP contribution in [0, 0.1) is 11.3 Å². The summed E-state index contributed by atoms with van der Waals surface area (Å²) in [4.78, 5) is 21.5. The molecule has 6 heteroatoms. The summed E-state index contributed by atoms with van der Waals surface area (Å²) in [6, 6.07) is 9.64. The Balaban J connectivity index is 1.50. The van der Waals surface area contributed by atoms with Gasteiger partial charge in [0, 0.05) is 43.4 Å². The topological polar surface area (TPSA) is 60.2 Å². The van der Waals surface area contributed by atoms with Crippen LogP contribution in [-0.4, -0.2) is 42.0 Å². The number of hydrogen-bond donors (Lipinski definition) is 0. The van der Waals surface area contributed by atoms with Crippen LogP contribution < -0.4 is 4.90 Å². The SMILES string of the molecule is CC(C)(C)c1csc(N2CCN(C(=O)CCc3cccc(C#N)c3)CC2)n1. The summed E-state index contributed by atoms with van der Waals surface area (Å²) in [6.07, 6.45) is 1.16. The fourth-order valence-corrected chi connectivity index (χ4v) is 4.21. The van der Waals surface area contributed by atoms with Crippen LogP contribution in [0.15, 0.2) is 29.6 Å². The lowest BCUT2D eigenvalue weighted by molar-refractivity contribution is -0.131. The molecule has 0 unspecified atom stereocenters. The smallest absolute Gasteiger partial charge is 0.223 e. The summed E-state index contributed by atoms with van der Waals surface area (Å²) >= 11 is 1.69. The molecule has 1 aliphatic rings. The van der Waals surface area contributed by atoms with Crippen molar-refractivity contribution in [2.75, 3.05) is 31.1 Å². The highest BCUT2D eigenvalue weighted by atomic mass is 32.1. The number of carbonyl (C=O) groups is 1. The van der Waals surface area contributed by atoms with Crippen molar-refractivity contribution < 1.29 is 4.79 Å². The summed E-state index contributed by atoms with van der Waals surface area (Å²) in [5, 5.41) is 12.2. The molecule has 0 aliphatic carbocycles. The van der Waals surface area contributed by atoms with Gasteiger partial charge in [-0.2, -0.15) is 5.26 Å². The van der Waals surface area contributed by atoms with Gasteiger partial charge in [0.1, 0.15) is 0 Å². The number of nitrogens with zero attached hydrogens (tertiary/aromatic N) is 4. The average Bonchev–Trinajstić information content (AvgIpc) is 3.17. The Kier molecular flexibility index (Phi) is 5.81. The van der Waals surface area contributed by atoms with E-state index in [9.17, 15) is 4.79 Å². The molecule has 1 amide bonds. The van der Waals surface area contributed by atoms with Gasteiger partial charge < -0.3 is 9.80 Å². The molecule has 27 heavy (non-hydrogen) atoms. The Hall–Kier alpha value is -2.39. The molecule has 1 aromatic carbocycles. The molecule has 1 saturated heterocycles. The maximum absolute atomic E-state index is 12.5. The van der Waals surface area contributed by atoms with E-state index in [-0.39, 0.29) is 11.3 Å².